The first-order valence-corrected chi connectivity index (χ1v) is 8.32. The monoisotopic (exact) mass is 324 g/mol. The largest absolute Gasteiger partial charge is 0.469 e. The van der Waals surface area contributed by atoms with Crippen LogP contribution in [0.15, 0.2) is 57.7 Å². The maximum atomic E-state index is 12.0. The van der Waals surface area contributed by atoms with Crippen LogP contribution in [0.3, 0.4) is 0 Å². The summed E-state index contributed by atoms with van der Waals surface area (Å²) in [5.74, 6) is 0.971. The zero-order chi connectivity index (χ0) is 16.2. The highest BCUT2D eigenvalue weighted by Gasteiger charge is 2.31. The number of aryl methyl sites for hydroxylation is 1. The first-order chi connectivity index (χ1) is 11.2. The number of furan rings is 1. The van der Waals surface area contributed by atoms with E-state index in [2.05, 4.69) is 17.5 Å². The van der Waals surface area contributed by atoms with Crippen LogP contribution in [-0.4, -0.2) is 5.91 Å². The van der Waals surface area contributed by atoms with E-state index in [0.29, 0.717) is 22.1 Å². The van der Waals surface area contributed by atoms with Gasteiger partial charge in [-0.15, -0.1) is 11.8 Å². The molecule has 3 rings (SSSR count). The topological polar surface area (TPSA) is 66.0 Å². The van der Waals surface area contributed by atoms with Gasteiger partial charge in [-0.2, -0.15) is 5.26 Å². The fraction of sp³-hybridized carbons (Fsp3) is 0.222. The van der Waals surface area contributed by atoms with Crippen LogP contribution in [0.2, 0.25) is 0 Å². The van der Waals surface area contributed by atoms with Gasteiger partial charge in [0.15, 0.2) is 0 Å². The van der Waals surface area contributed by atoms with Crippen LogP contribution >= 0.6 is 11.8 Å². The van der Waals surface area contributed by atoms with Gasteiger partial charge in [-0.25, -0.2) is 0 Å². The van der Waals surface area contributed by atoms with Crippen LogP contribution in [0.25, 0.3) is 0 Å². The second-order valence-electron chi connectivity index (χ2n) is 5.45. The molecule has 1 aliphatic heterocycles. The fourth-order valence-electron chi connectivity index (χ4n) is 2.62. The van der Waals surface area contributed by atoms with E-state index in [9.17, 15) is 10.1 Å². The summed E-state index contributed by atoms with van der Waals surface area (Å²) in [4.78, 5) is 12.0. The summed E-state index contributed by atoms with van der Waals surface area (Å²) in [6, 6.07) is 14.0. The summed E-state index contributed by atoms with van der Waals surface area (Å²) in [6.07, 6.45) is 1.81. The Labute approximate surface area is 139 Å². The Hall–Kier alpha value is -2.45. The van der Waals surface area contributed by atoms with Gasteiger partial charge >= 0.3 is 0 Å². The number of nitriles is 1. The standard InChI is InChI=1S/C18H16N2O2S/c1-12-4-2-5-13(8-12)11-23-18-15(10-19)14(9-17(21)20-18)16-6-3-7-22-16/h2-8,14H,9,11H2,1H3,(H,20,21)/t14-/m0/s1. The molecule has 0 saturated heterocycles. The molecule has 1 aromatic heterocycles. The minimum atomic E-state index is -0.302. The van der Waals surface area contributed by atoms with Crippen LogP contribution in [0.5, 0.6) is 0 Å². The Morgan fingerprint density at radius 1 is 1.39 bits per heavy atom. The first-order valence-electron chi connectivity index (χ1n) is 7.33. The zero-order valence-corrected chi connectivity index (χ0v) is 13.5. The SMILES string of the molecule is Cc1cccc(CSC2=C(C#N)[C@@H](c3ccco3)CC(=O)N2)c1. The molecule has 4 nitrogen and oxygen atoms in total. The number of carbonyl (C=O) groups is 1. The minimum absolute atomic E-state index is 0.0860. The number of thioether (sulfide) groups is 1. The summed E-state index contributed by atoms with van der Waals surface area (Å²) in [7, 11) is 0. The molecule has 0 aliphatic carbocycles. The molecule has 23 heavy (non-hydrogen) atoms. The van der Waals surface area contributed by atoms with Gasteiger partial charge in [-0.3, -0.25) is 4.79 Å². The summed E-state index contributed by atoms with van der Waals surface area (Å²) in [5.41, 5.74) is 2.92. The van der Waals surface area contributed by atoms with Crippen molar-refractivity contribution < 1.29 is 9.21 Å². The second-order valence-corrected chi connectivity index (χ2v) is 6.44. The Balaban J connectivity index is 1.85. The molecule has 0 unspecified atom stereocenters. The molecule has 1 aromatic carbocycles. The average molecular weight is 324 g/mol. The number of carbonyl (C=O) groups excluding carboxylic acids is 1. The summed E-state index contributed by atoms with van der Waals surface area (Å²) in [5, 5.41) is 13.0. The Morgan fingerprint density at radius 3 is 2.96 bits per heavy atom. The van der Waals surface area contributed by atoms with E-state index in [4.69, 9.17) is 4.42 Å². The van der Waals surface area contributed by atoms with E-state index in [1.54, 1.807) is 12.3 Å². The van der Waals surface area contributed by atoms with Crippen molar-refractivity contribution >= 4 is 17.7 Å². The number of hydrogen-bond acceptors (Lipinski definition) is 4. The number of nitrogens with one attached hydrogen (secondary N) is 1. The molecular weight excluding hydrogens is 308 g/mol. The molecular formula is C18H16N2O2S. The third-order valence-electron chi connectivity index (χ3n) is 3.71. The van der Waals surface area contributed by atoms with Crippen molar-refractivity contribution in [3.8, 4) is 6.07 Å². The Bertz CT molecular complexity index is 788. The predicted molar refractivity (Wildman–Crippen MR) is 89.3 cm³/mol. The molecule has 2 heterocycles. The minimum Gasteiger partial charge on any atom is -0.469 e. The highest BCUT2D eigenvalue weighted by molar-refractivity contribution is 8.02. The summed E-state index contributed by atoms with van der Waals surface area (Å²) >= 11 is 1.48. The molecule has 0 saturated carbocycles. The van der Waals surface area contributed by atoms with Gasteiger partial charge in [0.1, 0.15) is 5.76 Å². The normalized spacial score (nSPS) is 17.7. The van der Waals surface area contributed by atoms with Crippen molar-refractivity contribution in [1.82, 2.24) is 5.32 Å². The number of allylic oxidation sites excluding steroid dienone is 1. The Morgan fingerprint density at radius 2 is 2.26 bits per heavy atom. The molecule has 0 fully saturated rings. The lowest BCUT2D eigenvalue weighted by atomic mass is 9.92. The van der Waals surface area contributed by atoms with Crippen molar-refractivity contribution in [1.29, 1.82) is 5.26 Å². The van der Waals surface area contributed by atoms with Crippen LogP contribution < -0.4 is 5.32 Å². The third-order valence-corrected chi connectivity index (χ3v) is 4.80. The van der Waals surface area contributed by atoms with E-state index in [1.165, 1.54) is 17.3 Å². The maximum Gasteiger partial charge on any atom is 0.225 e. The quantitative estimate of drug-likeness (QED) is 0.927. The van der Waals surface area contributed by atoms with Gasteiger partial charge in [0.05, 0.1) is 28.9 Å². The van der Waals surface area contributed by atoms with Gasteiger partial charge in [-0.1, -0.05) is 29.8 Å². The zero-order valence-electron chi connectivity index (χ0n) is 12.7. The van der Waals surface area contributed by atoms with E-state index < -0.39 is 0 Å². The third kappa shape index (κ3) is 3.49. The molecule has 5 heteroatoms. The summed E-state index contributed by atoms with van der Waals surface area (Å²) < 4.78 is 5.41. The number of rotatable bonds is 4. The molecule has 1 N–H and O–H groups in total. The lowest BCUT2D eigenvalue weighted by Gasteiger charge is -2.23. The van der Waals surface area contributed by atoms with Crippen molar-refractivity contribution in [3.05, 3.63) is 70.2 Å². The van der Waals surface area contributed by atoms with Gasteiger partial charge in [0, 0.05) is 12.2 Å². The van der Waals surface area contributed by atoms with Crippen molar-refractivity contribution in [3.63, 3.8) is 0 Å². The fourth-order valence-corrected chi connectivity index (χ4v) is 3.64. The van der Waals surface area contributed by atoms with Gasteiger partial charge in [0.2, 0.25) is 5.91 Å². The van der Waals surface area contributed by atoms with Crippen molar-refractivity contribution in [2.24, 2.45) is 0 Å². The van der Waals surface area contributed by atoms with E-state index in [-0.39, 0.29) is 18.2 Å². The lowest BCUT2D eigenvalue weighted by molar-refractivity contribution is -0.120. The molecule has 1 atom stereocenters. The van der Waals surface area contributed by atoms with Crippen molar-refractivity contribution in [2.75, 3.05) is 0 Å². The van der Waals surface area contributed by atoms with Gasteiger partial charge < -0.3 is 9.73 Å². The number of hydrogen-bond donors (Lipinski definition) is 1. The van der Waals surface area contributed by atoms with E-state index in [1.807, 2.05) is 31.2 Å². The van der Waals surface area contributed by atoms with Crippen LogP contribution in [0, 0.1) is 18.3 Å². The predicted octanol–water partition coefficient (Wildman–Crippen LogP) is 3.86. The average Bonchev–Trinajstić information content (AvgIpc) is 3.06. The highest BCUT2D eigenvalue weighted by atomic mass is 32.2. The number of amides is 1. The summed E-state index contributed by atoms with van der Waals surface area (Å²) in [6.45, 7) is 2.05. The maximum absolute atomic E-state index is 12.0. The molecule has 116 valence electrons. The molecule has 2 aromatic rings. The van der Waals surface area contributed by atoms with Gasteiger partial charge in [-0.05, 0) is 24.6 Å². The van der Waals surface area contributed by atoms with Crippen LogP contribution in [0.1, 0.15) is 29.2 Å². The number of benzene rings is 1. The lowest BCUT2D eigenvalue weighted by Crippen LogP contribution is -2.30. The molecule has 0 radical (unpaired) electrons. The van der Waals surface area contributed by atoms with Crippen LogP contribution in [-0.2, 0) is 10.5 Å². The molecule has 1 amide bonds. The van der Waals surface area contributed by atoms with Crippen molar-refractivity contribution in [2.45, 2.75) is 25.0 Å². The van der Waals surface area contributed by atoms with Gasteiger partial charge in [0.25, 0.3) is 0 Å². The first kappa shape index (κ1) is 15.4. The molecule has 0 spiro atoms. The molecule has 1 aliphatic rings. The van der Waals surface area contributed by atoms with E-state index in [0.717, 1.165) is 5.56 Å². The Kier molecular flexibility index (Phi) is 4.54. The highest BCUT2D eigenvalue weighted by Crippen LogP contribution is 2.36. The smallest absolute Gasteiger partial charge is 0.225 e. The van der Waals surface area contributed by atoms with Crippen LogP contribution in [0.4, 0.5) is 0 Å². The van der Waals surface area contributed by atoms with E-state index >= 15 is 0 Å². The second kappa shape index (κ2) is 6.76. The number of nitrogens with zero attached hydrogens (tertiary/aromatic N) is 1. The molecule has 0 bridgehead atoms.